The quantitative estimate of drug-likeness (QED) is 0.159. The standard InChI is InChI=1S/C61H46BN3/c1-2-17-38(18-3-1)40-20-7-11-27-49(40)62-50-30-29-39-19-16-28-52-54(39)56(50)65(58-63-51-35-47-48(36-53(51)64(52)58)60(33-14-15-34-60)37-59(47)31-12-13-32-59)55-43-23-6-10-26-46(43)61(57(55)62)44-24-8-4-21-41(44)42-22-5-9-25-45(42)61/h1-11,16-30,35-36H,12-15,31-34,37H2. The van der Waals surface area contributed by atoms with E-state index >= 15 is 0 Å². The Morgan fingerprint density at radius 3 is 1.78 bits per heavy atom. The Morgan fingerprint density at radius 1 is 0.477 bits per heavy atom. The van der Waals surface area contributed by atoms with Crippen LogP contribution in [-0.2, 0) is 16.2 Å². The van der Waals surface area contributed by atoms with Crippen molar-refractivity contribution >= 4 is 62.0 Å². The third-order valence-electron chi connectivity index (χ3n) is 17.8. The highest BCUT2D eigenvalue weighted by atomic mass is 15.2. The zero-order valence-corrected chi connectivity index (χ0v) is 36.4. The van der Waals surface area contributed by atoms with Crippen LogP contribution in [0.15, 0.2) is 175 Å². The van der Waals surface area contributed by atoms with Crippen LogP contribution in [0.4, 0.5) is 0 Å². The van der Waals surface area contributed by atoms with Crippen molar-refractivity contribution in [3.63, 3.8) is 0 Å². The molecule has 0 atom stereocenters. The zero-order chi connectivity index (χ0) is 42.2. The van der Waals surface area contributed by atoms with E-state index in [1.54, 1.807) is 11.1 Å². The van der Waals surface area contributed by atoms with Crippen molar-refractivity contribution in [3.05, 3.63) is 209 Å². The highest BCUT2D eigenvalue weighted by Gasteiger charge is 2.59. The topological polar surface area (TPSA) is 22.2 Å². The summed E-state index contributed by atoms with van der Waals surface area (Å²) in [7, 11) is 0. The molecule has 0 saturated heterocycles. The molecule has 3 spiro atoms. The predicted octanol–water partition coefficient (Wildman–Crippen LogP) is 13.0. The lowest BCUT2D eigenvalue weighted by atomic mass is 9.30. The first-order chi connectivity index (χ1) is 32.2. The number of aromatic nitrogens is 3. The van der Waals surface area contributed by atoms with E-state index in [2.05, 4.69) is 179 Å². The Morgan fingerprint density at radius 2 is 1.08 bits per heavy atom. The molecule has 8 aromatic carbocycles. The number of fused-ring (bicyclic) bond motifs is 18. The molecule has 16 rings (SSSR count). The maximum atomic E-state index is 5.97. The number of hydrogen-bond donors (Lipinski definition) is 0. The second-order valence-electron chi connectivity index (χ2n) is 20.5. The molecule has 0 bridgehead atoms. The molecule has 3 nitrogen and oxygen atoms in total. The third kappa shape index (κ3) is 4.16. The molecule has 0 unspecified atom stereocenters. The summed E-state index contributed by atoms with van der Waals surface area (Å²) in [4.78, 5) is 5.97. The van der Waals surface area contributed by atoms with Gasteiger partial charge >= 0.3 is 0 Å². The number of rotatable bonds is 2. The normalized spacial score (nSPS) is 18.8. The van der Waals surface area contributed by atoms with Gasteiger partial charge < -0.3 is 0 Å². The molecule has 4 heteroatoms. The Hall–Kier alpha value is -6.91. The largest absolute Gasteiger partial charge is 0.280 e. The minimum absolute atomic E-state index is 0.0686. The first-order valence-electron chi connectivity index (χ1n) is 24.3. The Labute approximate surface area is 379 Å². The molecule has 0 amide bonds. The van der Waals surface area contributed by atoms with E-state index in [0.717, 1.165) is 11.3 Å². The average Bonchev–Trinajstić information content (AvgIpc) is 4.23. The Bertz CT molecular complexity index is 3730. The van der Waals surface area contributed by atoms with Gasteiger partial charge in [0.25, 0.3) is 0 Å². The van der Waals surface area contributed by atoms with Gasteiger partial charge in [-0.2, -0.15) is 0 Å². The van der Waals surface area contributed by atoms with E-state index in [1.165, 1.54) is 152 Å². The summed E-state index contributed by atoms with van der Waals surface area (Å²) in [6.07, 6.45) is 12.0. The monoisotopic (exact) mass is 831 g/mol. The van der Waals surface area contributed by atoms with Crippen LogP contribution in [0.3, 0.4) is 0 Å². The molecular weight excluding hydrogens is 786 g/mol. The second kappa shape index (κ2) is 12.3. The van der Waals surface area contributed by atoms with Crippen LogP contribution in [0.1, 0.15) is 91.2 Å². The van der Waals surface area contributed by atoms with E-state index in [-0.39, 0.29) is 6.71 Å². The summed E-state index contributed by atoms with van der Waals surface area (Å²) >= 11 is 0. The van der Waals surface area contributed by atoms with Gasteiger partial charge in [0.05, 0.1) is 27.5 Å². The maximum Gasteiger partial charge on any atom is 0.244 e. The number of imidazole rings is 1. The Kier molecular flexibility index (Phi) is 6.68. The van der Waals surface area contributed by atoms with Crippen LogP contribution in [0.5, 0.6) is 0 Å². The molecule has 5 aliphatic carbocycles. The molecule has 0 N–H and O–H groups in total. The van der Waals surface area contributed by atoms with Gasteiger partial charge in [0.2, 0.25) is 12.5 Å². The van der Waals surface area contributed by atoms with E-state index in [1.807, 2.05) is 0 Å². The molecular formula is C61H46BN3. The van der Waals surface area contributed by atoms with E-state index in [4.69, 9.17) is 4.98 Å². The summed E-state index contributed by atoms with van der Waals surface area (Å²) < 4.78 is 5.25. The van der Waals surface area contributed by atoms with Gasteiger partial charge in [-0.15, -0.1) is 0 Å². The Balaban J connectivity index is 1.12. The van der Waals surface area contributed by atoms with Crippen LogP contribution in [-0.4, -0.2) is 20.7 Å². The SMILES string of the molecule is c1ccc(-c2ccccc2B2C3=C(c4ccccc4C34c3ccccc3-c3ccccc34)n3c4c2ccc2cccc(c24)n2c4cc5c(cc4nc32)C2(CCCC2)CC52CCCC2)cc1. The predicted molar refractivity (Wildman–Crippen MR) is 268 cm³/mol. The van der Waals surface area contributed by atoms with E-state index in [0.29, 0.717) is 10.8 Å². The van der Waals surface area contributed by atoms with Crippen LogP contribution in [0, 0.1) is 0 Å². The molecule has 2 saturated carbocycles. The van der Waals surface area contributed by atoms with Crippen LogP contribution in [0.25, 0.3) is 66.6 Å². The number of hydrogen-bond acceptors (Lipinski definition) is 1. The minimum atomic E-state index is -0.543. The third-order valence-corrected chi connectivity index (χ3v) is 17.8. The molecule has 2 aromatic heterocycles. The highest BCUT2D eigenvalue weighted by Crippen LogP contribution is 2.65. The van der Waals surface area contributed by atoms with Crippen LogP contribution >= 0.6 is 0 Å². The van der Waals surface area contributed by atoms with Gasteiger partial charge in [-0.05, 0) is 128 Å². The fourth-order valence-electron chi connectivity index (χ4n) is 15.5. The van der Waals surface area contributed by atoms with Crippen LogP contribution in [0.2, 0.25) is 0 Å². The average molecular weight is 832 g/mol. The molecule has 308 valence electrons. The summed E-state index contributed by atoms with van der Waals surface area (Å²) in [5, 5.41) is 2.59. The van der Waals surface area contributed by atoms with Gasteiger partial charge in [0, 0.05) is 16.6 Å². The fraction of sp³-hybridized carbons (Fsp3) is 0.197. The first-order valence-corrected chi connectivity index (χ1v) is 24.3. The summed E-state index contributed by atoms with van der Waals surface area (Å²) in [5.74, 6) is 1.02. The lowest BCUT2D eigenvalue weighted by Gasteiger charge is -2.39. The molecule has 3 heterocycles. The van der Waals surface area contributed by atoms with Crippen LogP contribution < -0.4 is 10.9 Å². The van der Waals surface area contributed by atoms with Crippen molar-refractivity contribution in [2.45, 2.75) is 74.0 Å². The van der Waals surface area contributed by atoms with E-state index in [9.17, 15) is 0 Å². The number of benzene rings is 8. The zero-order valence-electron chi connectivity index (χ0n) is 36.4. The van der Waals surface area contributed by atoms with Crippen molar-refractivity contribution in [2.75, 3.05) is 0 Å². The summed E-state index contributed by atoms with van der Waals surface area (Å²) in [5.41, 5.74) is 24.3. The van der Waals surface area contributed by atoms with Crippen molar-refractivity contribution in [3.8, 4) is 22.3 Å². The van der Waals surface area contributed by atoms with Gasteiger partial charge in [0.15, 0.2) is 0 Å². The summed E-state index contributed by atoms with van der Waals surface area (Å²) in [6, 6.07) is 65.5. The van der Waals surface area contributed by atoms with Gasteiger partial charge in [-0.3, -0.25) is 8.97 Å². The van der Waals surface area contributed by atoms with Gasteiger partial charge in [-0.25, -0.2) is 4.98 Å². The van der Waals surface area contributed by atoms with E-state index < -0.39 is 5.41 Å². The fourth-order valence-corrected chi connectivity index (χ4v) is 15.5. The lowest BCUT2D eigenvalue weighted by Crippen LogP contribution is -2.53. The molecule has 10 aromatic rings. The molecule has 65 heavy (non-hydrogen) atoms. The number of allylic oxidation sites excluding steroid dienone is 1. The second-order valence-corrected chi connectivity index (χ2v) is 20.5. The van der Waals surface area contributed by atoms with Crippen molar-refractivity contribution in [1.82, 2.24) is 14.0 Å². The maximum absolute atomic E-state index is 5.97. The summed E-state index contributed by atoms with van der Waals surface area (Å²) in [6.45, 7) is -0.0686. The van der Waals surface area contributed by atoms with Gasteiger partial charge in [0.1, 0.15) is 0 Å². The number of nitrogens with zero attached hydrogens (tertiary/aromatic N) is 3. The highest BCUT2D eigenvalue weighted by molar-refractivity contribution is 6.95. The van der Waals surface area contributed by atoms with Gasteiger partial charge in [-0.1, -0.05) is 183 Å². The van der Waals surface area contributed by atoms with Crippen molar-refractivity contribution < 1.29 is 0 Å². The molecule has 6 aliphatic rings. The van der Waals surface area contributed by atoms with Crippen molar-refractivity contribution in [1.29, 1.82) is 0 Å². The smallest absolute Gasteiger partial charge is 0.244 e. The molecule has 0 radical (unpaired) electrons. The minimum Gasteiger partial charge on any atom is -0.280 e. The molecule has 2 fully saturated rings. The lowest BCUT2D eigenvalue weighted by molar-refractivity contribution is 0.324. The first kappa shape index (κ1) is 35.4. The van der Waals surface area contributed by atoms with Crippen molar-refractivity contribution in [2.24, 2.45) is 0 Å². The molecule has 1 aliphatic heterocycles.